The van der Waals surface area contributed by atoms with Crippen LogP contribution in [0, 0.1) is 19.8 Å². The lowest BCUT2D eigenvalue weighted by Gasteiger charge is -2.34. The van der Waals surface area contributed by atoms with Crippen molar-refractivity contribution in [2.75, 3.05) is 34.3 Å². The topological polar surface area (TPSA) is 105 Å². The molecule has 2 aromatic rings. The van der Waals surface area contributed by atoms with E-state index < -0.39 is 11.5 Å². The van der Waals surface area contributed by atoms with Crippen molar-refractivity contribution in [1.82, 2.24) is 20.1 Å². The Labute approximate surface area is 186 Å². The van der Waals surface area contributed by atoms with Crippen molar-refractivity contribution in [3.05, 3.63) is 46.7 Å². The summed E-state index contributed by atoms with van der Waals surface area (Å²) >= 11 is 0. The average Bonchev–Trinajstić information content (AvgIpc) is 3.25. The molecule has 32 heavy (non-hydrogen) atoms. The first-order valence-corrected chi connectivity index (χ1v) is 10.6. The zero-order chi connectivity index (χ0) is 23.2. The Morgan fingerprint density at radius 2 is 2.06 bits per heavy atom. The zero-order valence-electron chi connectivity index (χ0n) is 19.0. The van der Waals surface area contributed by atoms with Gasteiger partial charge in [0.1, 0.15) is 5.75 Å². The lowest BCUT2D eigenvalue weighted by molar-refractivity contribution is -0.134. The largest absolute Gasteiger partial charge is 0.497 e. The standard InChI is InChI=1S/C23H28N4O5/c1-13-19(32-14(2)24-13)22(30)27-11-18(21(29)26(3)4)23(12-27)9-8-15-6-7-16(31-5)10-17(15)20(28)25-23/h6-7,10,18H,8-9,11-12H2,1-5H3,(H,25,28)/t18-,23+/m1/s1. The van der Waals surface area contributed by atoms with Gasteiger partial charge < -0.3 is 24.3 Å². The van der Waals surface area contributed by atoms with Gasteiger partial charge in [-0.2, -0.15) is 0 Å². The second-order valence-corrected chi connectivity index (χ2v) is 8.75. The molecule has 0 radical (unpaired) electrons. The molecular weight excluding hydrogens is 412 g/mol. The summed E-state index contributed by atoms with van der Waals surface area (Å²) in [6, 6.07) is 5.42. The monoisotopic (exact) mass is 440 g/mol. The molecule has 2 aliphatic heterocycles. The third kappa shape index (κ3) is 3.61. The first-order valence-electron chi connectivity index (χ1n) is 10.6. The van der Waals surface area contributed by atoms with Gasteiger partial charge in [0.05, 0.1) is 24.3 Å². The van der Waals surface area contributed by atoms with Crippen molar-refractivity contribution in [1.29, 1.82) is 0 Å². The number of carbonyl (C=O) groups is 3. The number of hydrogen-bond acceptors (Lipinski definition) is 6. The number of methoxy groups -OCH3 is 1. The third-order valence-corrected chi connectivity index (χ3v) is 6.43. The number of carbonyl (C=O) groups excluding carboxylic acids is 3. The Morgan fingerprint density at radius 3 is 2.69 bits per heavy atom. The van der Waals surface area contributed by atoms with Crippen LogP contribution >= 0.6 is 0 Å². The van der Waals surface area contributed by atoms with Crippen molar-refractivity contribution >= 4 is 17.7 Å². The molecule has 1 saturated heterocycles. The molecule has 0 saturated carbocycles. The van der Waals surface area contributed by atoms with Gasteiger partial charge in [-0.05, 0) is 37.5 Å². The first kappa shape index (κ1) is 21.9. The molecule has 3 heterocycles. The number of rotatable bonds is 3. The maximum atomic E-state index is 13.3. The molecule has 1 spiro atoms. The van der Waals surface area contributed by atoms with Crippen molar-refractivity contribution in [2.45, 2.75) is 32.2 Å². The third-order valence-electron chi connectivity index (χ3n) is 6.43. The Balaban J connectivity index is 1.70. The van der Waals surface area contributed by atoms with Gasteiger partial charge >= 0.3 is 0 Å². The van der Waals surface area contributed by atoms with Crippen LogP contribution in [0.4, 0.5) is 0 Å². The summed E-state index contributed by atoms with van der Waals surface area (Å²) in [5, 5.41) is 3.12. The van der Waals surface area contributed by atoms with E-state index >= 15 is 0 Å². The molecule has 9 heteroatoms. The fourth-order valence-electron chi connectivity index (χ4n) is 4.77. The number of aryl methyl sites for hydroxylation is 3. The molecule has 3 amide bonds. The number of oxazole rings is 1. The van der Waals surface area contributed by atoms with Crippen LogP contribution < -0.4 is 10.1 Å². The van der Waals surface area contributed by atoms with E-state index in [2.05, 4.69) is 10.3 Å². The molecule has 0 aliphatic carbocycles. The van der Waals surface area contributed by atoms with E-state index in [0.29, 0.717) is 35.7 Å². The van der Waals surface area contributed by atoms with Gasteiger partial charge in [-0.25, -0.2) is 4.98 Å². The summed E-state index contributed by atoms with van der Waals surface area (Å²) in [7, 11) is 4.92. The molecular formula is C23H28N4O5. The van der Waals surface area contributed by atoms with Crippen LogP contribution in [-0.2, 0) is 11.2 Å². The number of benzene rings is 1. The fourth-order valence-corrected chi connectivity index (χ4v) is 4.77. The zero-order valence-corrected chi connectivity index (χ0v) is 19.0. The molecule has 2 atom stereocenters. The Kier molecular flexibility index (Phi) is 5.44. The average molecular weight is 441 g/mol. The predicted molar refractivity (Wildman–Crippen MR) is 116 cm³/mol. The number of amides is 3. The lowest BCUT2D eigenvalue weighted by atomic mass is 9.81. The van der Waals surface area contributed by atoms with Crippen molar-refractivity contribution in [2.24, 2.45) is 5.92 Å². The van der Waals surface area contributed by atoms with Crippen LogP contribution in [0.25, 0.3) is 0 Å². The number of hydrogen-bond donors (Lipinski definition) is 1. The van der Waals surface area contributed by atoms with Crippen LogP contribution in [0.1, 0.15) is 44.5 Å². The Morgan fingerprint density at radius 1 is 1.31 bits per heavy atom. The summed E-state index contributed by atoms with van der Waals surface area (Å²) in [5.74, 6) is -0.129. The minimum Gasteiger partial charge on any atom is -0.497 e. The van der Waals surface area contributed by atoms with Crippen molar-refractivity contribution in [3.8, 4) is 5.75 Å². The van der Waals surface area contributed by atoms with Gasteiger partial charge in [-0.15, -0.1) is 0 Å². The van der Waals surface area contributed by atoms with E-state index in [1.807, 2.05) is 12.1 Å². The molecule has 1 aromatic heterocycles. The smallest absolute Gasteiger partial charge is 0.291 e. The maximum absolute atomic E-state index is 13.3. The molecule has 2 aliphatic rings. The molecule has 170 valence electrons. The highest BCUT2D eigenvalue weighted by molar-refractivity contribution is 5.98. The summed E-state index contributed by atoms with van der Waals surface area (Å²) in [4.78, 5) is 47.0. The van der Waals surface area contributed by atoms with Crippen molar-refractivity contribution in [3.63, 3.8) is 0 Å². The van der Waals surface area contributed by atoms with Crippen LogP contribution in [0.3, 0.4) is 0 Å². The normalized spacial score (nSPS) is 22.3. The second-order valence-electron chi connectivity index (χ2n) is 8.75. The number of ether oxygens (including phenoxy) is 1. The highest BCUT2D eigenvalue weighted by Gasteiger charge is 2.54. The summed E-state index contributed by atoms with van der Waals surface area (Å²) < 4.78 is 10.8. The van der Waals surface area contributed by atoms with Crippen molar-refractivity contribution < 1.29 is 23.5 Å². The number of nitrogens with one attached hydrogen (secondary N) is 1. The molecule has 0 bridgehead atoms. The molecule has 9 nitrogen and oxygen atoms in total. The Bertz CT molecular complexity index is 1090. The highest BCUT2D eigenvalue weighted by Crippen LogP contribution is 2.37. The minimum atomic E-state index is -0.886. The maximum Gasteiger partial charge on any atom is 0.291 e. The SMILES string of the molecule is COc1ccc2c(c1)C(=O)N[C@@]1(CC2)CN(C(=O)c2oc(C)nc2C)C[C@@H]1C(=O)N(C)C. The predicted octanol–water partition coefficient (Wildman–Crippen LogP) is 1.58. The van der Waals surface area contributed by atoms with Gasteiger partial charge in [0.2, 0.25) is 11.7 Å². The quantitative estimate of drug-likeness (QED) is 0.777. The number of fused-ring (bicyclic) bond motifs is 1. The van der Waals surface area contributed by atoms with E-state index in [1.165, 1.54) is 4.90 Å². The van der Waals surface area contributed by atoms with Crippen LogP contribution in [0.15, 0.2) is 22.6 Å². The summed E-state index contributed by atoms with van der Waals surface area (Å²) in [6.07, 6.45) is 1.12. The summed E-state index contributed by atoms with van der Waals surface area (Å²) in [6.45, 7) is 3.81. The molecule has 1 aromatic carbocycles. The van der Waals surface area contributed by atoms with Crippen LogP contribution in [0.5, 0.6) is 5.75 Å². The van der Waals surface area contributed by atoms with E-state index in [9.17, 15) is 14.4 Å². The number of likely N-dealkylation sites (tertiary alicyclic amines) is 1. The molecule has 1 N–H and O–H groups in total. The van der Waals surface area contributed by atoms with Gasteiger partial charge in [-0.3, -0.25) is 14.4 Å². The number of aromatic nitrogens is 1. The molecule has 4 rings (SSSR count). The van der Waals surface area contributed by atoms with Gasteiger partial charge in [0.25, 0.3) is 11.8 Å². The lowest BCUT2D eigenvalue weighted by Crippen LogP contribution is -2.57. The van der Waals surface area contributed by atoms with E-state index in [-0.39, 0.29) is 36.6 Å². The van der Waals surface area contributed by atoms with Gasteiger partial charge in [-0.1, -0.05) is 6.07 Å². The molecule has 1 fully saturated rings. The van der Waals surface area contributed by atoms with Gasteiger partial charge in [0.15, 0.2) is 5.89 Å². The van der Waals surface area contributed by atoms with E-state index in [1.54, 1.807) is 46.0 Å². The van der Waals surface area contributed by atoms with Crippen LogP contribution in [-0.4, -0.2) is 72.3 Å². The first-order chi connectivity index (χ1) is 15.1. The highest BCUT2D eigenvalue weighted by atomic mass is 16.5. The second kappa shape index (κ2) is 7.96. The minimum absolute atomic E-state index is 0.130. The Hall–Kier alpha value is -3.36. The van der Waals surface area contributed by atoms with E-state index in [4.69, 9.17) is 9.15 Å². The summed E-state index contributed by atoms with van der Waals surface area (Å²) in [5.41, 5.74) is 1.04. The fraction of sp³-hybridized carbons (Fsp3) is 0.478. The van der Waals surface area contributed by atoms with E-state index in [0.717, 1.165) is 5.56 Å². The van der Waals surface area contributed by atoms with Crippen LogP contribution in [0.2, 0.25) is 0 Å². The number of nitrogens with zero attached hydrogens (tertiary/aromatic N) is 3. The molecule has 0 unspecified atom stereocenters. The van der Waals surface area contributed by atoms with Gasteiger partial charge in [0, 0.05) is 39.7 Å².